The molecule has 0 spiro atoms. The van der Waals surface area contributed by atoms with Gasteiger partial charge in [-0.15, -0.1) is 0 Å². The Kier molecular flexibility index (Phi) is 3.82. The molecule has 0 unspecified atom stereocenters. The summed E-state index contributed by atoms with van der Waals surface area (Å²) >= 11 is 0. The molecule has 2 aromatic heterocycles. The number of aliphatic imine (C=N–C) groups is 1. The van der Waals surface area contributed by atoms with Crippen LogP contribution in [0.3, 0.4) is 0 Å². The Bertz CT molecular complexity index is 506. The first-order chi connectivity index (χ1) is 8.74. The molecule has 0 aliphatic heterocycles. The van der Waals surface area contributed by atoms with Crippen molar-refractivity contribution in [2.24, 2.45) is 10.7 Å². The number of nitrogens with zero attached hydrogens (tertiary/aromatic N) is 4. The number of rotatable bonds is 4. The zero-order valence-electron chi connectivity index (χ0n) is 10.9. The summed E-state index contributed by atoms with van der Waals surface area (Å²) in [5, 5.41) is 0. The SMILES string of the molecule is CCN(CC)C(N)=NCc1cn2ccccc2n1. The number of nitrogens with two attached hydrogens (primary N) is 1. The van der Waals surface area contributed by atoms with Gasteiger partial charge in [0.25, 0.3) is 0 Å². The van der Waals surface area contributed by atoms with Gasteiger partial charge >= 0.3 is 0 Å². The summed E-state index contributed by atoms with van der Waals surface area (Å²) in [5.41, 5.74) is 7.78. The summed E-state index contributed by atoms with van der Waals surface area (Å²) in [6, 6.07) is 5.92. The van der Waals surface area contributed by atoms with Crippen LogP contribution in [-0.2, 0) is 6.54 Å². The maximum atomic E-state index is 5.92. The largest absolute Gasteiger partial charge is 0.370 e. The van der Waals surface area contributed by atoms with E-state index in [1.807, 2.05) is 39.9 Å². The Morgan fingerprint density at radius 1 is 1.39 bits per heavy atom. The smallest absolute Gasteiger partial charge is 0.191 e. The van der Waals surface area contributed by atoms with Gasteiger partial charge in [0.1, 0.15) is 5.65 Å². The van der Waals surface area contributed by atoms with Crippen LogP contribution < -0.4 is 5.73 Å². The van der Waals surface area contributed by atoms with Crippen molar-refractivity contribution in [3.8, 4) is 0 Å². The van der Waals surface area contributed by atoms with E-state index < -0.39 is 0 Å². The highest BCUT2D eigenvalue weighted by Gasteiger charge is 2.03. The van der Waals surface area contributed by atoms with E-state index in [-0.39, 0.29) is 0 Å². The van der Waals surface area contributed by atoms with E-state index >= 15 is 0 Å². The monoisotopic (exact) mass is 245 g/mol. The molecule has 2 N–H and O–H groups in total. The molecule has 0 saturated heterocycles. The van der Waals surface area contributed by atoms with Crippen molar-refractivity contribution >= 4 is 11.6 Å². The molecule has 0 radical (unpaired) electrons. The molecular weight excluding hydrogens is 226 g/mol. The summed E-state index contributed by atoms with van der Waals surface area (Å²) in [5.74, 6) is 0.581. The minimum Gasteiger partial charge on any atom is -0.370 e. The number of imidazole rings is 1. The Hall–Kier alpha value is -2.04. The molecule has 2 rings (SSSR count). The first-order valence-electron chi connectivity index (χ1n) is 6.22. The van der Waals surface area contributed by atoms with Gasteiger partial charge in [-0.3, -0.25) is 0 Å². The van der Waals surface area contributed by atoms with Crippen LogP contribution in [0.1, 0.15) is 19.5 Å². The topological polar surface area (TPSA) is 58.9 Å². The molecule has 5 heteroatoms. The third kappa shape index (κ3) is 2.61. The lowest BCUT2D eigenvalue weighted by Gasteiger charge is -2.18. The Morgan fingerprint density at radius 2 is 2.17 bits per heavy atom. The lowest BCUT2D eigenvalue weighted by Crippen LogP contribution is -2.37. The molecule has 0 aliphatic carbocycles. The first kappa shape index (κ1) is 12.4. The molecule has 0 aliphatic rings. The molecule has 5 nitrogen and oxygen atoms in total. The van der Waals surface area contributed by atoms with Gasteiger partial charge in [0.05, 0.1) is 12.2 Å². The molecule has 0 fully saturated rings. The van der Waals surface area contributed by atoms with E-state index in [0.717, 1.165) is 24.4 Å². The summed E-state index contributed by atoms with van der Waals surface area (Å²) in [7, 11) is 0. The van der Waals surface area contributed by atoms with Crippen LogP contribution in [0.15, 0.2) is 35.6 Å². The molecule has 2 aromatic rings. The second-order valence-corrected chi connectivity index (χ2v) is 4.05. The van der Waals surface area contributed by atoms with Crippen molar-refractivity contribution in [1.29, 1.82) is 0 Å². The lowest BCUT2D eigenvalue weighted by atomic mass is 10.5. The number of hydrogen-bond donors (Lipinski definition) is 1. The van der Waals surface area contributed by atoms with Gasteiger partial charge in [-0.2, -0.15) is 0 Å². The predicted molar refractivity (Wildman–Crippen MR) is 73.4 cm³/mol. The highest BCUT2D eigenvalue weighted by molar-refractivity contribution is 5.77. The quantitative estimate of drug-likeness (QED) is 0.656. The average Bonchev–Trinajstić information content (AvgIpc) is 2.80. The van der Waals surface area contributed by atoms with E-state index in [4.69, 9.17) is 5.73 Å². The van der Waals surface area contributed by atoms with E-state index in [2.05, 4.69) is 23.8 Å². The molecule has 0 amide bonds. The molecule has 96 valence electrons. The zero-order valence-corrected chi connectivity index (χ0v) is 10.9. The van der Waals surface area contributed by atoms with Crippen molar-refractivity contribution in [2.75, 3.05) is 13.1 Å². The van der Waals surface area contributed by atoms with Gasteiger partial charge in [-0.1, -0.05) is 6.07 Å². The first-order valence-corrected chi connectivity index (χ1v) is 6.22. The van der Waals surface area contributed by atoms with Gasteiger partial charge in [0.2, 0.25) is 0 Å². The van der Waals surface area contributed by atoms with Crippen LogP contribution in [0.5, 0.6) is 0 Å². The fourth-order valence-corrected chi connectivity index (χ4v) is 1.87. The average molecular weight is 245 g/mol. The van der Waals surface area contributed by atoms with E-state index in [1.165, 1.54) is 0 Å². The van der Waals surface area contributed by atoms with Gasteiger partial charge in [-0.25, -0.2) is 9.98 Å². The molecular formula is C13H19N5. The van der Waals surface area contributed by atoms with Crippen LogP contribution in [0, 0.1) is 0 Å². The van der Waals surface area contributed by atoms with Gasteiger partial charge in [-0.05, 0) is 26.0 Å². The number of fused-ring (bicyclic) bond motifs is 1. The van der Waals surface area contributed by atoms with Crippen molar-refractivity contribution in [3.05, 3.63) is 36.3 Å². The minimum absolute atomic E-state index is 0.518. The molecule has 0 atom stereocenters. The number of guanidine groups is 1. The molecule has 0 bridgehead atoms. The van der Waals surface area contributed by atoms with E-state index in [1.54, 1.807) is 0 Å². The summed E-state index contributed by atoms with van der Waals surface area (Å²) < 4.78 is 1.98. The number of aromatic nitrogens is 2. The summed E-state index contributed by atoms with van der Waals surface area (Å²) in [6.07, 6.45) is 3.96. The minimum atomic E-state index is 0.518. The number of pyridine rings is 1. The van der Waals surface area contributed by atoms with E-state index in [9.17, 15) is 0 Å². The Labute approximate surface area is 107 Å². The fraction of sp³-hybridized carbons (Fsp3) is 0.385. The van der Waals surface area contributed by atoms with Crippen molar-refractivity contribution in [3.63, 3.8) is 0 Å². The van der Waals surface area contributed by atoms with Crippen molar-refractivity contribution in [2.45, 2.75) is 20.4 Å². The third-order valence-corrected chi connectivity index (χ3v) is 2.90. The van der Waals surface area contributed by atoms with Crippen LogP contribution in [0.2, 0.25) is 0 Å². The highest BCUT2D eigenvalue weighted by atomic mass is 15.2. The Balaban J connectivity index is 2.11. The number of hydrogen-bond acceptors (Lipinski definition) is 2. The maximum Gasteiger partial charge on any atom is 0.191 e. The summed E-state index contributed by atoms with van der Waals surface area (Å²) in [4.78, 5) is 10.9. The fourth-order valence-electron chi connectivity index (χ4n) is 1.87. The van der Waals surface area contributed by atoms with Gasteiger partial charge in [0.15, 0.2) is 5.96 Å². The second-order valence-electron chi connectivity index (χ2n) is 4.05. The predicted octanol–water partition coefficient (Wildman–Crippen LogP) is 1.49. The van der Waals surface area contributed by atoms with Crippen LogP contribution in [-0.4, -0.2) is 33.3 Å². The zero-order chi connectivity index (χ0) is 13.0. The van der Waals surface area contributed by atoms with Crippen LogP contribution in [0.25, 0.3) is 5.65 Å². The van der Waals surface area contributed by atoms with Crippen LogP contribution >= 0.6 is 0 Å². The highest BCUT2D eigenvalue weighted by Crippen LogP contribution is 2.05. The summed E-state index contributed by atoms with van der Waals surface area (Å²) in [6.45, 7) is 6.39. The van der Waals surface area contributed by atoms with E-state index in [0.29, 0.717) is 12.5 Å². The normalized spacial score (nSPS) is 12.0. The molecule has 0 aromatic carbocycles. The van der Waals surface area contributed by atoms with Crippen LogP contribution in [0.4, 0.5) is 0 Å². The molecule has 18 heavy (non-hydrogen) atoms. The van der Waals surface area contributed by atoms with Gasteiger partial charge < -0.3 is 15.0 Å². The molecule has 0 saturated carbocycles. The van der Waals surface area contributed by atoms with Gasteiger partial charge in [0, 0.05) is 25.5 Å². The Morgan fingerprint density at radius 3 is 2.83 bits per heavy atom. The second kappa shape index (κ2) is 5.53. The lowest BCUT2D eigenvalue weighted by molar-refractivity contribution is 0.458. The van der Waals surface area contributed by atoms with Crippen molar-refractivity contribution in [1.82, 2.24) is 14.3 Å². The third-order valence-electron chi connectivity index (χ3n) is 2.90. The van der Waals surface area contributed by atoms with Crippen molar-refractivity contribution < 1.29 is 0 Å². The maximum absolute atomic E-state index is 5.92. The molecule has 2 heterocycles. The standard InChI is InChI=1S/C13H19N5/c1-3-17(4-2)13(14)15-9-11-10-18-8-6-5-7-12(18)16-11/h5-8,10H,3-4,9H2,1-2H3,(H2,14,15).